The Bertz CT molecular complexity index is 403. The number of carboxylic acids is 8. The van der Waals surface area contributed by atoms with E-state index in [-0.39, 0.29) is 114 Å². The number of aliphatic carboxylic acids is 8. The topological polar surface area (TPSA) is 510 Å². The molecule has 0 aromatic rings. The molecule has 0 aromatic carbocycles. The van der Waals surface area contributed by atoms with Crippen LogP contribution >= 0.6 is 0 Å². The predicted molar refractivity (Wildman–Crippen MR) is 73.2 cm³/mol. The van der Waals surface area contributed by atoms with Crippen LogP contribution in [0.5, 0.6) is 0 Å². The first kappa shape index (κ1) is 85.9. The van der Waals surface area contributed by atoms with Crippen molar-refractivity contribution in [2.45, 2.75) is 0 Å². The fraction of sp³-hybridized carbons (Fsp3) is 0. The molecule has 33 heavy (non-hydrogen) atoms. The summed E-state index contributed by atoms with van der Waals surface area (Å²) < 4.78 is 0. The van der Waals surface area contributed by atoms with Crippen molar-refractivity contribution in [1.82, 2.24) is 0 Å². The van der Waals surface area contributed by atoms with Crippen LogP contribution in [0.1, 0.15) is 0 Å². The molecule has 12 N–H and O–H groups in total. The fourth-order valence-electron chi connectivity index (χ4n) is 0. The number of hydrogen-bond acceptors (Lipinski definition) is 16. The van der Waals surface area contributed by atoms with Gasteiger partial charge < -0.3 is 112 Å². The number of carbonyl (C=O) groups excluding carboxylic acids is 8. The molecule has 0 bridgehead atoms. The zero-order valence-electron chi connectivity index (χ0n) is 15.0. The molecule has 0 aliphatic carbocycles. The number of rotatable bonds is 0. The van der Waals surface area contributed by atoms with Gasteiger partial charge in [-0.25, -0.2) is 0 Å². The van der Waals surface area contributed by atoms with Crippen molar-refractivity contribution in [2.75, 3.05) is 0 Å². The Labute approximate surface area is 239 Å². The Morgan fingerprint density at radius 2 is 0.333 bits per heavy atom. The van der Waals surface area contributed by atoms with Gasteiger partial charge in [-0.2, -0.15) is 0 Å². The summed E-state index contributed by atoms with van der Waals surface area (Å²) in [5, 5.41) is 71.4. The minimum absolute atomic E-state index is 0. The predicted octanol–water partition coefficient (Wildman–Crippen LogP) is -19.8. The molecule has 0 aliphatic heterocycles. The maximum absolute atomic E-state index is 8.93. The number of carboxylic acid groups (broad SMARTS) is 8. The summed E-state index contributed by atoms with van der Waals surface area (Å²) in [5.74, 6) is -17.5. The Hall–Kier alpha value is -1.75. The molecular formula is C8H12O22Pb2Zr-3. The minimum atomic E-state index is -2.19. The smallest absolute Gasteiger partial charge is 0.543 e. The number of hydrogen-bond donors (Lipinski definition) is 0. The standard InChI is InChI=1S/4C2H2O4.6H2O.2Pb.Zr/c4*3-1(4)2(5)6;;;;;;;;;/h4*(H,3,4)(H,5,6);6*1H2;;;/q;;;;;;;;;;;+2;+3/p-8. The summed E-state index contributed by atoms with van der Waals surface area (Å²) in [6, 6.07) is 0. The second-order valence-electron chi connectivity index (χ2n) is 2.30. The van der Waals surface area contributed by atoms with Gasteiger partial charge >= 0.3 is 53.5 Å². The molecule has 0 aliphatic rings. The molecule has 22 nitrogen and oxygen atoms in total. The van der Waals surface area contributed by atoms with Crippen molar-refractivity contribution in [3.05, 3.63) is 0 Å². The Kier molecular flexibility index (Phi) is 136. The van der Waals surface area contributed by atoms with E-state index in [0.717, 1.165) is 0 Å². The third-order valence-electron chi connectivity index (χ3n) is 0.667. The zero-order valence-corrected chi connectivity index (χ0v) is 25.3. The van der Waals surface area contributed by atoms with E-state index in [9.17, 15) is 0 Å². The summed E-state index contributed by atoms with van der Waals surface area (Å²) in [4.78, 5) is 71.4. The quantitative estimate of drug-likeness (QED) is 0.161. The van der Waals surface area contributed by atoms with Crippen molar-refractivity contribution >= 4 is 102 Å². The molecule has 0 amide bonds. The van der Waals surface area contributed by atoms with E-state index in [1.807, 2.05) is 0 Å². The summed E-state index contributed by atoms with van der Waals surface area (Å²) in [5.41, 5.74) is 0. The molecule has 0 rings (SSSR count). The SMILES string of the molecule is O.O.O.O.O.O.O=C([O-])C(=O)[O-].O=C([O-])C(=O)[O-].O=C([O-])C(=O)[O-].O=C([O-])C(=O)[O-].[Pb+2].[Pb].[Zr+3]. The van der Waals surface area contributed by atoms with Gasteiger partial charge in [0.1, 0.15) is 0 Å². The van der Waals surface area contributed by atoms with Gasteiger partial charge in [0.05, 0.1) is 47.8 Å². The van der Waals surface area contributed by atoms with Crippen LogP contribution in [0.4, 0.5) is 0 Å². The summed E-state index contributed by atoms with van der Waals surface area (Å²) in [7, 11) is 0. The van der Waals surface area contributed by atoms with E-state index >= 15 is 0 Å². The Morgan fingerprint density at radius 1 is 0.303 bits per heavy atom. The summed E-state index contributed by atoms with van der Waals surface area (Å²) in [6.07, 6.45) is 0. The van der Waals surface area contributed by atoms with Gasteiger partial charge in [-0.15, -0.1) is 0 Å². The van der Waals surface area contributed by atoms with Crippen LogP contribution in [0.2, 0.25) is 0 Å². The van der Waals surface area contributed by atoms with Crippen LogP contribution in [0, 0.1) is 0 Å². The van der Waals surface area contributed by atoms with Crippen LogP contribution in [0.15, 0.2) is 0 Å². The van der Waals surface area contributed by atoms with Gasteiger partial charge in [0.25, 0.3) is 0 Å². The van der Waals surface area contributed by atoms with Gasteiger partial charge in [0.15, 0.2) is 0 Å². The summed E-state index contributed by atoms with van der Waals surface area (Å²) >= 11 is 0. The molecule has 0 aromatic heterocycles. The second kappa shape index (κ2) is 52.3. The average Bonchev–Trinajstić information content (AvgIpc) is 2.40. The van der Waals surface area contributed by atoms with Crippen molar-refractivity contribution in [3.63, 3.8) is 0 Å². The molecule has 0 spiro atoms. The Balaban J connectivity index is -0.0000000135. The zero-order chi connectivity index (χ0) is 20.6. The molecule has 0 heterocycles. The average molecular weight is 966 g/mol. The molecule has 0 saturated carbocycles. The molecule has 0 unspecified atom stereocenters. The third kappa shape index (κ3) is 119. The van der Waals surface area contributed by atoms with E-state index in [4.69, 9.17) is 79.2 Å². The van der Waals surface area contributed by atoms with E-state index in [1.165, 1.54) is 0 Å². The van der Waals surface area contributed by atoms with Crippen molar-refractivity contribution in [1.29, 1.82) is 0 Å². The van der Waals surface area contributed by atoms with Crippen LogP contribution in [0.3, 0.4) is 0 Å². The van der Waals surface area contributed by atoms with Crippen molar-refractivity contribution in [3.8, 4) is 0 Å². The van der Waals surface area contributed by atoms with Gasteiger partial charge in [0, 0.05) is 27.3 Å². The van der Waals surface area contributed by atoms with E-state index in [0.29, 0.717) is 0 Å². The van der Waals surface area contributed by atoms with E-state index in [2.05, 4.69) is 0 Å². The monoisotopic (exact) mass is 966 g/mol. The van der Waals surface area contributed by atoms with Gasteiger partial charge in [0.2, 0.25) is 0 Å². The number of carbonyl (C=O) groups is 8. The first-order chi connectivity index (χ1) is 10.6. The maximum Gasteiger partial charge on any atom is 3.00 e. The first-order valence-electron chi connectivity index (χ1n) is 4.27. The van der Waals surface area contributed by atoms with Gasteiger partial charge in [-0.3, -0.25) is 0 Å². The molecule has 0 saturated heterocycles. The van der Waals surface area contributed by atoms with Crippen LogP contribution < -0.4 is 40.9 Å². The van der Waals surface area contributed by atoms with Crippen LogP contribution in [-0.4, -0.2) is 135 Å². The molecular weight excluding hydrogens is 954 g/mol. The van der Waals surface area contributed by atoms with Gasteiger partial charge in [-0.1, -0.05) is 0 Å². The minimum Gasteiger partial charge on any atom is -0.543 e. The molecule has 7 radical (unpaired) electrons. The molecule has 0 fully saturated rings. The second-order valence-corrected chi connectivity index (χ2v) is 2.30. The summed E-state index contributed by atoms with van der Waals surface area (Å²) in [6.45, 7) is 0. The van der Waals surface area contributed by atoms with Crippen LogP contribution in [-0.2, 0) is 64.6 Å². The molecule has 25 heteroatoms. The Morgan fingerprint density at radius 3 is 0.333 bits per heavy atom. The first-order valence-corrected chi connectivity index (χ1v) is 4.27. The van der Waals surface area contributed by atoms with Crippen molar-refractivity contribution in [2.24, 2.45) is 0 Å². The van der Waals surface area contributed by atoms with Gasteiger partial charge in [-0.05, 0) is 0 Å². The molecule has 0 atom stereocenters. The van der Waals surface area contributed by atoms with E-state index in [1.54, 1.807) is 0 Å². The maximum atomic E-state index is 8.93. The largest absolute Gasteiger partial charge is 3.00 e. The van der Waals surface area contributed by atoms with E-state index < -0.39 is 47.8 Å². The van der Waals surface area contributed by atoms with Crippen molar-refractivity contribution < 1.29 is 138 Å². The molecule has 191 valence electrons. The third-order valence-corrected chi connectivity index (χ3v) is 0.667. The fourth-order valence-corrected chi connectivity index (χ4v) is 0. The van der Waals surface area contributed by atoms with Crippen LogP contribution in [0.25, 0.3) is 0 Å². The normalized spacial score (nSPS) is 5.33.